The first kappa shape index (κ1) is 26.5. The molecule has 7 atom stereocenters. The van der Waals surface area contributed by atoms with E-state index in [0.717, 1.165) is 23.3 Å². The molecule has 11 heteroatoms. The van der Waals surface area contributed by atoms with E-state index in [2.05, 4.69) is 32.6 Å². The predicted molar refractivity (Wildman–Crippen MR) is 154 cm³/mol. The average molecular weight is 570 g/mol. The molecule has 1 aromatic carbocycles. The van der Waals surface area contributed by atoms with Crippen molar-refractivity contribution in [3.05, 3.63) is 36.5 Å². The van der Waals surface area contributed by atoms with E-state index in [4.69, 9.17) is 0 Å². The summed E-state index contributed by atoms with van der Waals surface area (Å²) in [6.07, 6.45) is 4.42. The normalized spacial score (nSPS) is 33.1. The largest absolute Gasteiger partial charge is 0.391 e. The van der Waals surface area contributed by atoms with Crippen LogP contribution < -0.4 is 15.4 Å². The van der Waals surface area contributed by atoms with Crippen molar-refractivity contribution in [1.82, 2.24) is 19.9 Å². The van der Waals surface area contributed by atoms with E-state index in [1.165, 1.54) is 16.2 Å². The molecule has 2 aliphatic heterocycles. The number of thiazole rings is 1. The number of nitrogens with one attached hydrogen (secondary N) is 3. The second-order valence-corrected chi connectivity index (χ2v) is 14.3. The summed E-state index contributed by atoms with van der Waals surface area (Å²) in [5.74, 6) is -0.797. The maximum atomic E-state index is 13.8. The number of aliphatic hydroxyl groups is 1. The molecular weight excluding hydrogens is 534 g/mol. The molecule has 2 unspecified atom stereocenters. The van der Waals surface area contributed by atoms with Crippen LogP contribution in [0.25, 0.3) is 10.4 Å². The molecule has 0 radical (unpaired) electrons. The van der Waals surface area contributed by atoms with Gasteiger partial charge in [0.05, 0.1) is 11.0 Å². The van der Waals surface area contributed by atoms with Crippen LogP contribution >= 0.6 is 22.0 Å². The molecule has 2 aliphatic carbocycles. The molecule has 2 saturated carbocycles. The summed E-state index contributed by atoms with van der Waals surface area (Å²) in [7, 11) is -0.307. The van der Waals surface area contributed by atoms with Gasteiger partial charge in [-0.3, -0.25) is 14.4 Å². The second-order valence-electron chi connectivity index (χ2n) is 11.2. The van der Waals surface area contributed by atoms with E-state index in [-0.39, 0.29) is 53.2 Å². The van der Waals surface area contributed by atoms with Crippen LogP contribution in [-0.2, 0) is 14.4 Å². The number of carbonyl (C=O) groups is 3. The Morgan fingerprint density at radius 2 is 2.03 bits per heavy atom. The Morgan fingerprint density at radius 3 is 2.74 bits per heavy atom. The highest BCUT2D eigenvalue weighted by atomic mass is 32.2. The van der Waals surface area contributed by atoms with Gasteiger partial charge in [0, 0.05) is 24.4 Å². The topological polar surface area (TPSA) is 124 Å². The van der Waals surface area contributed by atoms with Crippen molar-refractivity contribution >= 4 is 50.2 Å². The first-order valence-corrected chi connectivity index (χ1v) is 15.9. The number of amides is 3. The molecule has 2 aromatic rings. The third-order valence-electron chi connectivity index (χ3n) is 8.43. The van der Waals surface area contributed by atoms with E-state index in [9.17, 15) is 19.5 Å². The van der Waals surface area contributed by atoms with Crippen molar-refractivity contribution in [2.45, 2.75) is 74.9 Å². The molecule has 0 spiro atoms. The lowest BCUT2D eigenvalue weighted by Gasteiger charge is -2.33. The quantitative estimate of drug-likeness (QED) is 0.397. The van der Waals surface area contributed by atoms with Crippen LogP contribution in [0.15, 0.2) is 36.5 Å². The molecule has 1 aromatic heterocycles. The monoisotopic (exact) mass is 569 g/mol. The molecule has 39 heavy (non-hydrogen) atoms. The van der Waals surface area contributed by atoms with Gasteiger partial charge < -0.3 is 25.4 Å². The van der Waals surface area contributed by atoms with E-state index in [0.29, 0.717) is 23.2 Å². The van der Waals surface area contributed by atoms with Gasteiger partial charge >= 0.3 is 0 Å². The first-order valence-electron chi connectivity index (χ1n) is 13.7. The summed E-state index contributed by atoms with van der Waals surface area (Å²) in [4.78, 5) is 48.0. The van der Waals surface area contributed by atoms with E-state index < -0.39 is 23.7 Å². The molecule has 208 valence electrons. The Bertz CT molecular complexity index is 1310. The van der Waals surface area contributed by atoms with E-state index >= 15 is 0 Å². The second kappa shape index (κ2) is 10.3. The van der Waals surface area contributed by atoms with Crippen LogP contribution in [0.4, 0.5) is 5.13 Å². The van der Waals surface area contributed by atoms with Crippen molar-refractivity contribution in [1.29, 1.82) is 0 Å². The third kappa shape index (κ3) is 5.12. The zero-order valence-corrected chi connectivity index (χ0v) is 23.8. The Labute approximate surface area is 234 Å². The Hall–Kier alpha value is -2.76. The molecular formula is C28H35N5O4S2. The van der Waals surface area contributed by atoms with Gasteiger partial charge in [-0.15, -0.1) is 0 Å². The molecule has 9 nitrogen and oxygen atoms in total. The number of aromatic nitrogens is 1. The summed E-state index contributed by atoms with van der Waals surface area (Å²) < 4.78 is 3.22. The maximum absolute atomic E-state index is 13.8. The Morgan fingerprint density at radius 1 is 1.26 bits per heavy atom. The third-order valence-corrected chi connectivity index (χ3v) is 11.5. The fourth-order valence-electron chi connectivity index (χ4n) is 6.08. The molecule has 3 amide bonds. The van der Waals surface area contributed by atoms with Crippen LogP contribution in [0.3, 0.4) is 0 Å². The summed E-state index contributed by atoms with van der Waals surface area (Å²) in [6, 6.07) is 8.51. The highest BCUT2D eigenvalue weighted by Gasteiger charge is 2.64. The molecule has 4 N–H and O–H groups in total. The van der Waals surface area contributed by atoms with Gasteiger partial charge in [-0.05, 0) is 55.4 Å². The lowest BCUT2D eigenvalue weighted by atomic mass is 9.92. The smallest absolute Gasteiger partial charge is 0.255 e. The van der Waals surface area contributed by atoms with E-state index in [1.807, 2.05) is 37.3 Å². The number of rotatable bonds is 6. The molecule has 2 saturated heterocycles. The molecule has 4 aliphatic rings. The van der Waals surface area contributed by atoms with Gasteiger partial charge in [0.25, 0.3) is 5.91 Å². The van der Waals surface area contributed by atoms with Crippen molar-refractivity contribution < 1.29 is 19.5 Å². The van der Waals surface area contributed by atoms with Crippen LogP contribution in [-0.4, -0.2) is 73.6 Å². The fourth-order valence-corrected chi connectivity index (χ4v) is 8.67. The standard InChI is InChI=1S/C28H35N5O4S2/c1-3-39(19-9-10-19)32-26(37)28-13-20(28)16(2)11-21(25(36)33-15-18(34)12-22(33)24(35)31-28)30-27-29-14-23(38-27)17-7-5-4-6-8-17/h3-8,14,16,18-22,34H,9-13,15H2,1-2H3,(H,29,30)(H,31,35)(H,32,37)/t16?,18-,20+,21+,22+,28-,39?/m1/s1. The van der Waals surface area contributed by atoms with Crippen LogP contribution in [0, 0.1) is 11.8 Å². The number of fused-ring (bicyclic) bond motifs is 2. The van der Waals surface area contributed by atoms with Gasteiger partial charge in [-0.1, -0.05) is 59.3 Å². The summed E-state index contributed by atoms with van der Waals surface area (Å²) in [5, 5.41) is 20.0. The van der Waals surface area contributed by atoms with Crippen LogP contribution in [0.5, 0.6) is 0 Å². The maximum Gasteiger partial charge on any atom is 0.255 e. The number of hydrogen-bond donors (Lipinski definition) is 4. The predicted octanol–water partition coefficient (Wildman–Crippen LogP) is 2.75. The number of anilines is 1. The van der Waals surface area contributed by atoms with Gasteiger partial charge in [0.2, 0.25) is 11.8 Å². The SMILES string of the molecule is C/C=S(/NC(=O)[C@@]12C[C@H]1C(C)C[C@H](Nc1ncc(-c3ccccc3)s1)C(=O)N1C[C@H](O)C[C@H]1C(=O)N2)C1CC1. The van der Waals surface area contributed by atoms with Crippen molar-refractivity contribution in [3.63, 3.8) is 0 Å². The van der Waals surface area contributed by atoms with Gasteiger partial charge in [-0.2, -0.15) is 0 Å². The number of hydrogen-bond acceptors (Lipinski definition) is 7. The molecule has 0 bridgehead atoms. The van der Waals surface area contributed by atoms with Crippen molar-refractivity contribution in [2.75, 3.05) is 11.9 Å². The van der Waals surface area contributed by atoms with Crippen molar-refractivity contribution in [2.24, 2.45) is 11.8 Å². The summed E-state index contributed by atoms with van der Waals surface area (Å²) >= 11 is 1.48. The Balaban J connectivity index is 1.27. The zero-order valence-electron chi connectivity index (χ0n) is 22.1. The number of carbonyl (C=O) groups excluding carboxylic acids is 3. The highest BCUT2D eigenvalue weighted by Crippen LogP contribution is 2.52. The lowest BCUT2D eigenvalue weighted by Crippen LogP contribution is -2.58. The molecule has 6 rings (SSSR count). The number of aliphatic hydroxyl groups excluding tert-OH is 1. The van der Waals surface area contributed by atoms with Crippen LogP contribution in [0.1, 0.15) is 46.0 Å². The fraction of sp³-hybridized carbons (Fsp3) is 0.536. The average Bonchev–Trinajstić information content (AvgIpc) is 3.82. The van der Waals surface area contributed by atoms with Gasteiger partial charge in [0.15, 0.2) is 5.13 Å². The minimum atomic E-state index is -0.981. The van der Waals surface area contributed by atoms with Gasteiger partial charge in [-0.25, -0.2) is 4.98 Å². The minimum Gasteiger partial charge on any atom is -0.391 e. The number of nitrogens with zero attached hydrogens (tertiary/aromatic N) is 2. The number of benzene rings is 1. The minimum absolute atomic E-state index is 0.0107. The van der Waals surface area contributed by atoms with Gasteiger partial charge in [0.1, 0.15) is 17.6 Å². The summed E-state index contributed by atoms with van der Waals surface area (Å²) in [6.45, 7) is 4.12. The Kier molecular flexibility index (Phi) is 7.01. The summed E-state index contributed by atoms with van der Waals surface area (Å²) in [5.41, 5.74) is 0.0715. The molecule has 3 heterocycles. The first-order chi connectivity index (χ1) is 18.8. The van der Waals surface area contributed by atoms with E-state index in [1.54, 1.807) is 6.20 Å². The zero-order chi connectivity index (χ0) is 27.3. The lowest BCUT2D eigenvalue weighted by molar-refractivity contribution is -0.141. The van der Waals surface area contributed by atoms with Crippen molar-refractivity contribution in [3.8, 4) is 10.4 Å². The van der Waals surface area contributed by atoms with Crippen LogP contribution in [0.2, 0.25) is 0 Å². The highest BCUT2D eigenvalue weighted by molar-refractivity contribution is 8.14. The molecule has 4 fully saturated rings.